The third-order valence-corrected chi connectivity index (χ3v) is 2.26. The van der Waals surface area contributed by atoms with Crippen LogP contribution in [0, 0.1) is 5.92 Å². The van der Waals surface area contributed by atoms with E-state index in [1.54, 1.807) is 0 Å². The molecule has 1 unspecified atom stereocenters. The van der Waals surface area contributed by atoms with Crippen LogP contribution in [0.1, 0.15) is 40.5 Å². The number of ether oxygens (including phenoxy) is 1. The molecule has 17 heavy (non-hydrogen) atoms. The summed E-state index contributed by atoms with van der Waals surface area (Å²) in [5, 5.41) is 2.64. The Morgan fingerprint density at radius 2 is 2.00 bits per heavy atom. The quantitative estimate of drug-likeness (QED) is 0.727. The molecule has 0 radical (unpaired) electrons. The lowest BCUT2D eigenvalue weighted by Crippen LogP contribution is -2.34. The summed E-state index contributed by atoms with van der Waals surface area (Å²) in [5.41, 5.74) is -0.495. The molecule has 1 N–H and O–H groups in total. The number of amides is 1. The van der Waals surface area contributed by atoms with Gasteiger partial charge in [-0.05, 0) is 39.7 Å². The van der Waals surface area contributed by atoms with Crippen molar-refractivity contribution < 1.29 is 14.3 Å². The Hall–Kier alpha value is -1.32. The molecule has 0 aliphatic rings. The van der Waals surface area contributed by atoms with E-state index in [-0.39, 0.29) is 11.7 Å². The summed E-state index contributed by atoms with van der Waals surface area (Å²) >= 11 is 0. The molecule has 0 aromatic heterocycles. The van der Waals surface area contributed by atoms with Gasteiger partial charge >= 0.3 is 6.09 Å². The van der Waals surface area contributed by atoms with Crippen molar-refractivity contribution in [2.45, 2.75) is 46.1 Å². The first kappa shape index (κ1) is 15.7. The van der Waals surface area contributed by atoms with Gasteiger partial charge in [-0.2, -0.15) is 0 Å². The third-order valence-electron chi connectivity index (χ3n) is 2.26. The highest BCUT2D eigenvalue weighted by molar-refractivity contribution is 5.91. The fourth-order valence-electron chi connectivity index (χ4n) is 1.38. The van der Waals surface area contributed by atoms with Crippen LogP contribution in [-0.2, 0) is 9.53 Å². The van der Waals surface area contributed by atoms with E-state index in [4.69, 9.17) is 4.74 Å². The van der Waals surface area contributed by atoms with Crippen molar-refractivity contribution in [2.24, 2.45) is 5.92 Å². The summed E-state index contributed by atoms with van der Waals surface area (Å²) in [6, 6.07) is 0. The van der Waals surface area contributed by atoms with Gasteiger partial charge in [-0.3, -0.25) is 4.79 Å². The Morgan fingerprint density at radius 3 is 2.41 bits per heavy atom. The molecule has 1 amide bonds. The Balaban J connectivity index is 3.93. The predicted molar refractivity (Wildman–Crippen MR) is 67.8 cm³/mol. The minimum Gasteiger partial charge on any atom is -0.444 e. The molecule has 0 spiro atoms. The highest BCUT2D eigenvalue weighted by atomic mass is 16.6. The molecule has 0 fully saturated rings. The van der Waals surface area contributed by atoms with Crippen molar-refractivity contribution in [1.29, 1.82) is 0 Å². The lowest BCUT2D eigenvalue weighted by atomic mass is 9.97. The average molecular weight is 241 g/mol. The second-order valence-corrected chi connectivity index (χ2v) is 4.93. The van der Waals surface area contributed by atoms with Crippen molar-refractivity contribution in [3.63, 3.8) is 0 Å². The maximum absolute atomic E-state index is 11.4. The van der Waals surface area contributed by atoms with Crippen molar-refractivity contribution >= 4 is 11.9 Å². The van der Waals surface area contributed by atoms with Crippen LogP contribution in [0.5, 0.6) is 0 Å². The second-order valence-electron chi connectivity index (χ2n) is 4.93. The minimum absolute atomic E-state index is 0.0264. The summed E-state index contributed by atoms with van der Waals surface area (Å²) in [5.74, 6) is -0.0408. The molecule has 0 aliphatic heterocycles. The van der Waals surface area contributed by atoms with Crippen LogP contribution >= 0.6 is 0 Å². The van der Waals surface area contributed by atoms with Crippen LogP contribution in [-0.4, -0.2) is 24.0 Å². The van der Waals surface area contributed by atoms with Gasteiger partial charge in [0, 0.05) is 12.5 Å². The molecule has 0 bridgehead atoms. The van der Waals surface area contributed by atoms with Gasteiger partial charge in [-0.1, -0.05) is 13.5 Å². The van der Waals surface area contributed by atoms with Gasteiger partial charge in [0.05, 0.1) is 0 Å². The molecule has 1 atom stereocenters. The van der Waals surface area contributed by atoms with Crippen LogP contribution in [0.15, 0.2) is 12.7 Å². The molecule has 0 rings (SSSR count). The number of nitrogens with one attached hydrogen (secondary N) is 1. The van der Waals surface area contributed by atoms with Gasteiger partial charge in [-0.15, -0.1) is 0 Å². The highest BCUT2D eigenvalue weighted by Crippen LogP contribution is 2.10. The SMILES string of the molecule is C=CC(=O)C(CC)CCNC(=O)OC(C)(C)C. The molecule has 0 aliphatic carbocycles. The number of allylic oxidation sites excluding steroid dienone is 1. The monoisotopic (exact) mass is 241 g/mol. The maximum Gasteiger partial charge on any atom is 0.407 e. The number of hydrogen-bond acceptors (Lipinski definition) is 3. The topological polar surface area (TPSA) is 55.4 Å². The number of hydrogen-bond donors (Lipinski definition) is 1. The van der Waals surface area contributed by atoms with Gasteiger partial charge in [0.1, 0.15) is 5.60 Å². The van der Waals surface area contributed by atoms with E-state index < -0.39 is 11.7 Å². The smallest absolute Gasteiger partial charge is 0.407 e. The van der Waals surface area contributed by atoms with E-state index in [0.29, 0.717) is 13.0 Å². The maximum atomic E-state index is 11.4. The van der Waals surface area contributed by atoms with Crippen molar-refractivity contribution in [1.82, 2.24) is 5.32 Å². The summed E-state index contributed by atoms with van der Waals surface area (Å²) < 4.78 is 5.08. The fraction of sp³-hybridized carbons (Fsp3) is 0.692. The molecule has 98 valence electrons. The first-order valence-corrected chi connectivity index (χ1v) is 5.93. The zero-order chi connectivity index (χ0) is 13.5. The van der Waals surface area contributed by atoms with E-state index in [1.165, 1.54) is 6.08 Å². The summed E-state index contributed by atoms with van der Waals surface area (Å²) in [4.78, 5) is 22.7. The van der Waals surface area contributed by atoms with E-state index in [0.717, 1.165) is 6.42 Å². The van der Waals surface area contributed by atoms with Crippen molar-refractivity contribution in [3.8, 4) is 0 Å². The first-order chi connectivity index (χ1) is 7.80. The normalized spacial score (nSPS) is 12.7. The zero-order valence-corrected chi connectivity index (χ0v) is 11.2. The van der Waals surface area contributed by atoms with E-state index in [2.05, 4.69) is 11.9 Å². The Labute approximate surface area is 103 Å². The summed E-state index contributed by atoms with van der Waals surface area (Å²) in [6.07, 6.45) is 2.25. The van der Waals surface area contributed by atoms with Crippen LogP contribution in [0.3, 0.4) is 0 Å². The molecule has 0 heterocycles. The van der Waals surface area contributed by atoms with Gasteiger partial charge < -0.3 is 10.1 Å². The predicted octanol–water partition coefficient (Wildman–Crippen LogP) is 2.68. The van der Waals surface area contributed by atoms with Crippen LogP contribution in [0.4, 0.5) is 4.79 Å². The van der Waals surface area contributed by atoms with E-state index >= 15 is 0 Å². The summed E-state index contributed by atoms with van der Waals surface area (Å²) in [6.45, 7) is 11.3. The molecule has 0 aromatic rings. The molecule has 4 nitrogen and oxygen atoms in total. The number of carbonyl (C=O) groups excluding carboxylic acids is 2. The number of carbonyl (C=O) groups is 2. The lowest BCUT2D eigenvalue weighted by Gasteiger charge is -2.20. The number of alkyl carbamates (subject to hydrolysis) is 1. The fourth-order valence-corrected chi connectivity index (χ4v) is 1.38. The van der Waals surface area contributed by atoms with E-state index in [1.807, 2.05) is 27.7 Å². The van der Waals surface area contributed by atoms with Crippen LogP contribution in [0.2, 0.25) is 0 Å². The summed E-state index contributed by atoms with van der Waals surface area (Å²) in [7, 11) is 0. The Kier molecular flexibility index (Phi) is 6.54. The molecule has 0 aromatic carbocycles. The zero-order valence-electron chi connectivity index (χ0n) is 11.2. The molecular weight excluding hydrogens is 218 g/mol. The minimum atomic E-state index is -0.495. The Bertz CT molecular complexity index is 279. The number of ketones is 1. The van der Waals surface area contributed by atoms with Gasteiger partial charge in [0.15, 0.2) is 5.78 Å². The molecular formula is C13H23NO3. The van der Waals surface area contributed by atoms with E-state index in [9.17, 15) is 9.59 Å². The standard InChI is InChI=1S/C13H23NO3/c1-6-10(11(15)7-2)8-9-14-12(16)17-13(3,4)5/h7,10H,2,6,8-9H2,1,3-5H3,(H,14,16). The lowest BCUT2D eigenvalue weighted by molar-refractivity contribution is -0.118. The van der Waals surface area contributed by atoms with Gasteiger partial charge in [0.2, 0.25) is 0 Å². The van der Waals surface area contributed by atoms with Crippen molar-refractivity contribution in [2.75, 3.05) is 6.54 Å². The first-order valence-electron chi connectivity index (χ1n) is 5.93. The van der Waals surface area contributed by atoms with Gasteiger partial charge in [0.25, 0.3) is 0 Å². The largest absolute Gasteiger partial charge is 0.444 e. The molecule has 0 saturated heterocycles. The third kappa shape index (κ3) is 7.55. The second kappa shape index (κ2) is 7.09. The van der Waals surface area contributed by atoms with Crippen LogP contribution in [0.25, 0.3) is 0 Å². The average Bonchev–Trinajstić information content (AvgIpc) is 2.21. The molecule has 0 saturated carbocycles. The Morgan fingerprint density at radius 1 is 1.41 bits per heavy atom. The highest BCUT2D eigenvalue weighted by Gasteiger charge is 2.17. The van der Waals surface area contributed by atoms with Gasteiger partial charge in [-0.25, -0.2) is 4.79 Å². The van der Waals surface area contributed by atoms with Crippen molar-refractivity contribution in [3.05, 3.63) is 12.7 Å². The number of rotatable bonds is 6. The molecule has 4 heteroatoms. The van der Waals surface area contributed by atoms with Crippen LogP contribution < -0.4 is 5.32 Å².